The summed E-state index contributed by atoms with van der Waals surface area (Å²) in [5.41, 5.74) is 3.59. The Kier molecular flexibility index (Phi) is 5.91. The number of nitrogens with zero attached hydrogens (tertiary/aromatic N) is 1. The van der Waals surface area contributed by atoms with Gasteiger partial charge in [-0.2, -0.15) is 0 Å². The Morgan fingerprint density at radius 3 is 2.52 bits per heavy atom. The van der Waals surface area contributed by atoms with Gasteiger partial charge in [0.15, 0.2) is 5.17 Å². The number of amidine groups is 1. The molecule has 0 aliphatic carbocycles. The first-order valence-corrected chi connectivity index (χ1v) is 9.43. The molecule has 1 aliphatic rings. The van der Waals surface area contributed by atoms with Crippen molar-refractivity contribution in [3.8, 4) is 0 Å². The number of hydrogen-bond acceptors (Lipinski definition) is 4. The zero-order valence-corrected chi connectivity index (χ0v) is 15.9. The van der Waals surface area contributed by atoms with Gasteiger partial charge < -0.3 is 10.6 Å². The molecule has 2 aromatic carbocycles. The lowest BCUT2D eigenvalue weighted by Crippen LogP contribution is -2.28. The van der Waals surface area contributed by atoms with E-state index in [0.717, 1.165) is 22.4 Å². The van der Waals surface area contributed by atoms with E-state index < -0.39 is 5.25 Å². The molecule has 0 radical (unpaired) electrons. The summed E-state index contributed by atoms with van der Waals surface area (Å²) in [6.07, 6.45) is 0.0693. The third-order valence-electron chi connectivity index (χ3n) is 4.21. The third kappa shape index (κ3) is 4.95. The van der Waals surface area contributed by atoms with E-state index in [9.17, 15) is 14.0 Å². The molecule has 1 heterocycles. The van der Waals surface area contributed by atoms with E-state index in [-0.39, 0.29) is 24.1 Å². The maximum atomic E-state index is 12.9. The van der Waals surface area contributed by atoms with E-state index in [1.165, 1.54) is 23.9 Å². The van der Waals surface area contributed by atoms with Crippen molar-refractivity contribution in [3.63, 3.8) is 0 Å². The van der Waals surface area contributed by atoms with Gasteiger partial charge in [-0.15, -0.1) is 0 Å². The first kappa shape index (κ1) is 19.1. The van der Waals surface area contributed by atoms with Gasteiger partial charge in [-0.1, -0.05) is 42.1 Å². The van der Waals surface area contributed by atoms with Gasteiger partial charge in [0.05, 0.1) is 6.54 Å². The van der Waals surface area contributed by atoms with Crippen LogP contribution in [-0.2, 0) is 16.1 Å². The van der Waals surface area contributed by atoms with Gasteiger partial charge in [0.25, 0.3) is 0 Å². The number of amides is 2. The number of rotatable bonds is 5. The van der Waals surface area contributed by atoms with Gasteiger partial charge in [-0.3, -0.25) is 14.6 Å². The molecule has 2 N–H and O–H groups in total. The highest BCUT2D eigenvalue weighted by atomic mass is 32.2. The summed E-state index contributed by atoms with van der Waals surface area (Å²) in [5, 5.41) is 5.56. The Morgan fingerprint density at radius 1 is 1.19 bits per heavy atom. The molecule has 2 aromatic rings. The first-order chi connectivity index (χ1) is 12.9. The molecule has 1 saturated heterocycles. The Labute approximate surface area is 161 Å². The van der Waals surface area contributed by atoms with Crippen molar-refractivity contribution in [3.05, 3.63) is 65.0 Å². The number of anilines is 1. The van der Waals surface area contributed by atoms with Crippen LogP contribution in [0.2, 0.25) is 0 Å². The fourth-order valence-electron chi connectivity index (χ4n) is 2.74. The lowest BCUT2D eigenvalue weighted by Gasteiger charge is -2.12. The van der Waals surface area contributed by atoms with Crippen LogP contribution in [0, 0.1) is 19.7 Å². The van der Waals surface area contributed by atoms with E-state index in [1.54, 1.807) is 12.1 Å². The summed E-state index contributed by atoms with van der Waals surface area (Å²) in [7, 11) is 0. The maximum Gasteiger partial charge on any atom is 0.240 e. The summed E-state index contributed by atoms with van der Waals surface area (Å²) in [6.45, 7) is 4.20. The Balaban J connectivity index is 1.58. The Hall–Kier alpha value is -2.67. The quantitative estimate of drug-likeness (QED) is 0.827. The molecule has 0 unspecified atom stereocenters. The van der Waals surface area contributed by atoms with Crippen LogP contribution in [0.5, 0.6) is 0 Å². The van der Waals surface area contributed by atoms with Gasteiger partial charge in [-0.25, -0.2) is 4.39 Å². The Morgan fingerprint density at radius 2 is 1.85 bits per heavy atom. The molecule has 7 heteroatoms. The number of carbonyl (C=O) groups is 2. The SMILES string of the molecule is Cc1cccc(C)c1NC(=O)C[C@@H]1SC(=NCc2ccc(F)cc2)NC1=O. The highest BCUT2D eigenvalue weighted by molar-refractivity contribution is 8.15. The fourth-order valence-corrected chi connectivity index (χ4v) is 3.71. The second kappa shape index (κ2) is 8.35. The minimum absolute atomic E-state index is 0.0693. The van der Waals surface area contributed by atoms with Crippen LogP contribution >= 0.6 is 11.8 Å². The minimum atomic E-state index is -0.513. The number of thioether (sulfide) groups is 1. The van der Waals surface area contributed by atoms with Crippen LogP contribution in [0.4, 0.5) is 10.1 Å². The second-order valence-corrected chi connectivity index (χ2v) is 7.55. The molecule has 0 spiro atoms. The van der Waals surface area contributed by atoms with Gasteiger partial charge in [0, 0.05) is 12.1 Å². The predicted molar refractivity (Wildman–Crippen MR) is 106 cm³/mol. The average molecular weight is 385 g/mol. The van der Waals surface area contributed by atoms with Crippen molar-refractivity contribution >= 4 is 34.4 Å². The molecule has 0 saturated carbocycles. The van der Waals surface area contributed by atoms with Crippen molar-refractivity contribution in [1.29, 1.82) is 0 Å². The highest BCUT2D eigenvalue weighted by Crippen LogP contribution is 2.25. The summed E-state index contributed by atoms with van der Waals surface area (Å²) in [4.78, 5) is 28.8. The standard InChI is InChI=1S/C20H20FN3O2S/c1-12-4-3-5-13(2)18(12)23-17(25)10-16-19(26)24-20(27-16)22-11-14-6-8-15(21)9-7-14/h3-9,16H,10-11H2,1-2H3,(H,23,25)(H,22,24,26)/t16-/m0/s1. The molecule has 5 nitrogen and oxygen atoms in total. The number of benzene rings is 2. The monoisotopic (exact) mass is 385 g/mol. The molecule has 140 valence electrons. The zero-order chi connectivity index (χ0) is 19.4. The molecule has 3 rings (SSSR count). The molecule has 0 bridgehead atoms. The van der Waals surface area contributed by atoms with Gasteiger partial charge in [0.2, 0.25) is 11.8 Å². The largest absolute Gasteiger partial charge is 0.326 e. The predicted octanol–water partition coefficient (Wildman–Crippen LogP) is 3.56. The molecule has 27 heavy (non-hydrogen) atoms. The second-order valence-electron chi connectivity index (χ2n) is 6.36. The van der Waals surface area contributed by atoms with E-state index in [0.29, 0.717) is 11.7 Å². The van der Waals surface area contributed by atoms with Gasteiger partial charge in [0.1, 0.15) is 11.1 Å². The summed E-state index contributed by atoms with van der Waals surface area (Å²) < 4.78 is 12.9. The highest BCUT2D eigenvalue weighted by Gasteiger charge is 2.32. The van der Waals surface area contributed by atoms with Crippen molar-refractivity contribution in [2.24, 2.45) is 4.99 Å². The minimum Gasteiger partial charge on any atom is -0.326 e. The number of para-hydroxylation sites is 1. The normalized spacial score (nSPS) is 17.8. The van der Waals surface area contributed by atoms with Crippen LogP contribution in [-0.4, -0.2) is 22.2 Å². The topological polar surface area (TPSA) is 70.6 Å². The zero-order valence-electron chi connectivity index (χ0n) is 15.1. The van der Waals surface area contributed by atoms with Crippen molar-refractivity contribution in [1.82, 2.24) is 5.32 Å². The number of aryl methyl sites for hydroxylation is 2. The van der Waals surface area contributed by atoms with Crippen molar-refractivity contribution < 1.29 is 14.0 Å². The lowest BCUT2D eigenvalue weighted by atomic mass is 10.1. The first-order valence-electron chi connectivity index (χ1n) is 8.55. The molecule has 1 atom stereocenters. The van der Waals surface area contributed by atoms with E-state index in [1.807, 2.05) is 32.0 Å². The summed E-state index contributed by atoms with van der Waals surface area (Å²) in [5.74, 6) is -0.737. The molecular weight excluding hydrogens is 365 g/mol. The van der Waals surface area contributed by atoms with Crippen LogP contribution < -0.4 is 10.6 Å². The number of halogens is 1. The smallest absolute Gasteiger partial charge is 0.240 e. The van der Waals surface area contributed by atoms with E-state index >= 15 is 0 Å². The lowest BCUT2D eigenvalue weighted by molar-refractivity contribution is -0.122. The molecule has 0 aromatic heterocycles. The van der Waals surface area contributed by atoms with E-state index in [2.05, 4.69) is 15.6 Å². The Bertz CT molecular complexity index is 876. The average Bonchev–Trinajstić information content (AvgIpc) is 2.97. The fraction of sp³-hybridized carbons (Fsp3) is 0.250. The van der Waals surface area contributed by atoms with Crippen molar-refractivity contribution in [2.75, 3.05) is 5.32 Å². The molecular formula is C20H20FN3O2S. The summed E-state index contributed by atoms with van der Waals surface area (Å²) >= 11 is 1.24. The number of carbonyl (C=O) groups excluding carboxylic acids is 2. The van der Waals surface area contributed by atoms with Gasteiger partial charge >= 0.3 is 0 Å². The van der Waals surface area contributed by atoms with Crippen LogP contribution in [0.15, 0.2) is 47.5 Å². The van der Waals surface area contributed by atoms with Crippen LogP contribution in [0.25, 0.3) is 0 Å². The number of nitrogens with one attached hydrogen (secondary N) is 2. The van der Waals surface area contributed by atoms with Crippen LogP contribution in [0.3, 0.4) is 0 Å². The van der Waals surface area contributed by atoms with Crippen molar-refractivity contribution in [2.45, 2.75) is 32.1 Å². The molecule has 1 aliphatic heterocycles. The van der Waals surface area contributed by atoms with Crippen LogP contribution in [0.1, 0.15) is 23.1 Å². The molecule has 1 fully saturated rings. The number of hydrogen-bond donors (Lipinski definition) is 2. The third-order valence-corrected chi connectivity index (χ3v) is 5.33. The number of aliphatic imine (C=N–C) groups is 1. The summed E-state index contributed by atoms with van der Waals surface area (Å²) in [6, 6.07) is 11.8. The van der Waals surface area contributed by atoms with E-state index in [4.69, 9.17) is 0 Å². The van der Waals surface area contributed by atoms with Gasteiger partial charge in [-0.05, 0) is 42.7 Å². The molecule has 2 amide bonds. The maximum absolute atomic E-state index is 12.9.